The topological polar surface area (TPSA) is 12.0 Å². The highest BCUT2D eigenvalue weighted by Crippen LogP contribution is 2.26. The van der Waals surface area contributed by atoms with Gasteiger partial charge in [0.05, 0.1) is 4.34 Å². The van der Waals surface area contributed by atoms with Crippen LogP contribution in [0.25, 0.3) is 0 Å². The second kappa shape index (κ2) is 6.37. The molecule has 0 spiro atoms. The summed E-state index contributed by atoms with van der Waals surface area (Å²) in [6, 6.07) is 15.2. The summed E-state index contributed by atoms with van der Waals surface area (Å²) >= 11 is 7.65. The molecule has 1 heterocycles. The first-order valence-electron chi connectivity index (χ1n) is 6.17. The van der Waals surface area contributed by atoms with Crippen LogP contribution in [0.15, 0.2) is 42.5 Å². The molecule has 1 aromatic carbocycles. The van der Waals surface area contributed by atoms with Crippen LogP contribution < -0.4 is 5.32 Å². The van der Waals surface area contributed by atoms with Crippen LogP contribution in [-0.4, -0.2) is 13.1 Å². The molecule has 18 heavy (non-hydrogen) atoms. The molecule has 0 aliphatic rings. The van der Waals surface area contributed by atoms with Crippen molar-refractivity contribution < 1.29 is 0 Å². The summed E-state index contributed by atoms with van der Waals surface area (Å²) in [5.41, 5.74) is 1.37. The van der Waals surface area contributed by atoms with Crippen molar-refractivity contribution in [1.29, 1.82) is 0 Å². The van der Waals surface area contributed by atoms with Crippen molar-refractivity contribution in [2.75, 3.05) is 7.05 Å². The Morgan fingerprint density at radius 3 is 2.44 bits per heavy atom. The van der Waals surface area contributed by atoms with Gasteiger partial charge in [0.15, 0.2) is 0 Å². The van der Waals surface area contributed by atoms with Crippen LogP contribution in [0.4, 0.5) is 0 Å². The van der Waals surface area contributed by atoms with E-state index in [-0.39, 0.29) is 0 Å². The molecule has 2 unspecified atom stereocenters. The van der Waals surface area contributed by atoms with Crippen LogP contribution >= 0.6 is 22.9 Å². The Balaban J connectivity index is 2.09. The van der Waals surface area contributed by atoms with E-state index in [4.69, 9.17) is 11.6 Å². The number of benzene rings is 1. The molecule has 96 valence electrons. The summed E-state index contributed by atoms with van der Waals surface area (Å²) in [5, 5.41) is 3.42. The lowest BCUT2D eigenvalue weighted by molar-refractivity contribution is 0.486. The molecule has 0 saturated carbocycles. The Morgan fingerprint density at radius 1 is 1.17 bits per heavy atom. The number of hydrogen-bond donors (Lipinski definition) is 1. The lowest BCUT2D eigenvalue weighted by Crippen LogP contribution is -2.32. The third-order valence-corrected chi connectivity index (χ3v) is 4.60. The molecule has 0 saturated heterocycles. The highest BCUT2D eigenvalue weighted by atomic mass is 35.5. The fourth-order valence-electron chi connectivity index (χ4n) is 2.20. The van der Waals surface area contributed by atoms with Crippen molar-refractivity contribution in [1.82, 2.24) is 5.32 Å². The number of hydrogen-bond acceptors (Lipinski definition) is 2. The fraction of sp³-hybridized carbons (Fsp3) is 0.333. The largest absolute Gasteiger partial charge is 0.316 e. The van der Waals surface area contributed by atoms with Crippen LogP contribution in [0.1, 0.15) is 23.3 Å². The lowest BCUT2D eigenvalue weighted by atomic mass is 9.91. The third-order valence-electron chi connectivity index (χ3n) is 3.35. The van der Waals surface area contributed by atoms with Gasteiger partial charge in [-0.2, -0.15) is 0 Å². The van der Waals surface area contributed by atoms with E-state index in [1.165, 1.54) is 10.4 Å². The molecular weight excluding hydrogens is 262 g/mol. The first-order valence-corrected chi connectivity index (χ1v) is 7.36. The summed E-state index contributed by atoms with van der Waals surface area (Å²) in [6.45, 7) is 2.27. The van der Waals surface area contributed by atoms with E-state index in [2.05, 4.69) is 48.6 Å². The Morgan fingerprint density at radius 2 is 1.89 bits per heavy atom. The SMILES string of the molecule is CNC(Cc1ccc(Cl)s1)C(C)c1ccccc1. The van der Waals surface area contributed by atoms with Gasteiger partial charge in [0.2, 0.25) is 0 Å². The quantitative estimate of drug-likeness (QED) is 0.859. The molecular formula is C15H18ClNS. The normalized spacial score (nSPS) is 14.4. The van der Waals surface area contributed by atoms with Gasteiger partial charge in [-0.15, -0.1) is 11.3 Å². The van der Waals surface area contributed by atoms with E-state index < -0.39 is 0 Å². The van der Waals surface area contributed by atoms with E-state index in [1.807, 2.05) is 13.1 Å². The predicted octanol–water partition coefficient (Wildman–Crippen LogP) is 4.34. The molecule has 1 nitrogen and oxygen atoms in total. The van der Waals surface area contributed by atoms with E-state index in [9.17, 15) is 0 Å². The molecule has 1 N–H and O–H groups in total. The Kier molecular flexibility index (Phi) is 4.81. The summed E-state index contributed by atoms with van der Waals surface area (Å²) in [5.74, 6) is 0.483. The zero-order valence-corrected chi connectivity index (χ0v) is 12.3. The van der Waals surface area contributed by atoms with Gasteiger partial charge >= 0.3 is 0 Å². The Hall–Kier alpha value is -0.830. The van der Waals surface area contributed by atoms with E-state index >= 15 is 0 Å². The van der Waals surface area contributed by atoms with Gasteiger partial charge in [-0.25, -0.2) is 0 Å². The molecule has 0 aliphatic heterocycles. The van der Waals surface area contributed by atoms with Crippen molar-refractivity contribution in [3.63, 3.8) is 0 Å². The van der Waals surface area contributed by atoms with Crippen molar-refractivity contribution in [3.05, 3.63) is 57.2 Å². The van der Waals surface area contributed by atoms with Crippen molar-refractivity contribution in [2.45, 2.75) is 25.3 Å². The van der Waals surface area contributed by atoms with Crippen LogP contribution in [0.2, 0.25) is 4.34 Å². The smallest absolute Gasteiger partial charge is 0.0931 e. The first kappa shape index (κ1) is 13.6. The molecule has 0 bridgehead atoms. The summed E-state index contributed by atoms with van der Waals surface area (Å²) in [4.78, 5) is 1.34. The number of halogens is 1. The zero-order chi connectivity index (χ0) is 13.0. The molecule has 1 aromatic heterocycles. The molecule has 0 radical (unpaired) electrons. The molecule has 2 aromatic rings. The lowest BCUT2D eigenvalue weighted by Gasteiger charge is -2.23. The maximum atomic E-state index is 5.98. The Labute approximate surface area is 118 Å². The summed E-state index contributed by atoms with van der Waals surface area (Å²) in [6.07, 6.45) is 1.02. The molecule has 2 rings (SSSR count). The maximum Gasteiger partial charge on any atom is 0.0931 e. The van der Waals surface area contributed by atoms with Crippen LogP contribution in [0.3, 0.4) is 0 Å². The number of rotatable bonds is 5. The minimum atomic E-state index is 0.433. The van der Waals surface area contributed by atoms with Gasteiger partial charge in [0, 0.05) is 10.9 Å². The number of likely N-dealkylation sites (N-methyl/N-ethyl adjacent to an activating group) is 1. The van der Waals surface area contributed by atoms with Crippen LogP contribution in [-0.2, 0) is 6.42 Å². The van der Waals surface area contributed by atoms with Gasteiger partial charge < -0.3 is 5.32 Å². The summed E-state index contributed by atoms with van der Waals surface area (Å²) in [7, 11) is 2.03. The van der Waals surface area contributed by atoms with Gasteiger partial charge in [0.1, 0.15) is 0 Å². The fourth-order valence-corrected chi connectivity index (χ4v) is 3.34. The van der Waals surface area contributed by atoms with Crippen LogP contribution in [0.5, 0.6) is 0 Å². The van der Waals surface area contributed by atoms with Gasteiger partial charge in [-0.05, 0) is 37.1 Å². The predicted molar refractivity (Wildman–Crippen MR) is 80.7 cm³/mol. The molecule has 0 aliphatic carbocycles. The number of nitrogens with one attached hydrogen (secondary N) is 1. The van der Waals surface area contributed by atoms with Crippen molar-refractivity contribution in [3.8, 4) is 0 Å². The molecule has 0 fully saturated rings. The molecule has 3 heteroatoms. The maximum absolute atomic E-state index is 5.98. The highest BCUT2D eigenvalue weighted by Gasteiger charge is 2.18. The van der Waals surface area contributed by atoms with Gasteiger partial charge in [-0.3, -0.25) is 0 Å². The number of thiophene rings is 1. The van der Waals surface area contributed by atoms with Crippen molar-refractivity contribution >= 4 is 22.9 Å². The van der Waals surface area contributed by atoms with Gasteiger partial charge in [0.25, 0.3) is 0 Å². The minimum absolute atomic E-state index is 0.433. The molecule has 0 amide bonds. The van der Waals surface area contributed by atoms with Crippen molar-refractivity contribution in [2.24, 2.45) is 0 Å². The van der Waals surface area contributed by atoms with Crippen LogP contribution in [0, 0.1) is 0 Å². The van der Waals surface area contributed by atoms with E-state index in [0.717, 1.165) is 10.8 Å². The third kappa shape index (κ3) is 3.35. The average Bonchev–Trinajstić information content (AvgIpc) is 2.82. The molecule has 2 atom stereocenters. The van der Waals surface area contributed by atoms with E-state index in [1.54, 1.807) is 11.3 Å². The second-order valence-corrected chi connectivity index (χ2v) is 6.30. The first-order chi connectivity index (χ1) is 8.70. The standard InChI is InChI=1S/C15H18ClNS/c1-11(12-6-4-3-5-7-12)14(17-2)10-13-8-9-15(16)18-13/h3-9,11,14,17H,10H2,1-2H3. The second-order valence-electron chi connectivity index (χ2n) is 4.50. The Bertz CT molecular complexity index is 480. The highest BCUT2D eigenvalue weighted by molar-refractivity contribution is 7.16. The minimum Gasteiger partial charge on any atom is -0.316 e. The zero-order valence-electron chi connectivity index (χ0n) is 10.7. The summed E-state index contributed by atoms with van der Waals surface area (Å²) < 4.78 is 0.868. The monoisotopic (exact) mass is 279 g/mol. The van der Waals surface area contributed by atoms with Gasteiger partial charge in [-0.1, -0.05) is 48.9 Å². The average molecular weight is 280 g/mol. The van der Waals surface area contributed by atoms with E-state index in [0.29, 0.717) is 12.0 Å².